The van der Waals surface area contributed by atoms with Crippen LogP contribution in [0, 0.1) is 6.92 Å². The number of benzene rings is 3. The van der Waals surface area contributed by atoms with Gasteiger partial charge in [0.05, 0.1) is 17.7 Å². The number of sulfone groups is 1. The van der Waals surface area contributed by atoms with Crippen molar-refractivity contribution in [2.75, 3.05) is 12.5 Å². The van der Waals surface area contributed by atoms with Gasteiger partial charge in [-0.25, -0.2) is 13.1 Å². The lowest BCUT2D eigenvalue weighted by atomic mass is 10.2. The fourth-order valence-corrected chi connectivity index (χ4v) is 6.56. The van der Waals surface area contributed by atoms with Gasteiger partial charge in [0.1, 0.15) is 9.99 Å². The Morgan fingerprint density at radius 2 is 1.56 bits per heavy atom. The van der Waals surface area contributed by atoms with Crippen molar-refractivity contribution in [2.45, 2.75) is 17.0 Å². The molecule has 7 nitrogen and oxygen atoms in total. The van der Waals surface area contributed by atoms with E-state index in [4.69, 9.17) is 4.74 Å². The third-order valence-electron chi connectivity index (χ3n) is 5.30. The van der Waals surface area contributed by atoms with Crippen molar-refractivity contribution < 1.29 is 13.2 Å². The molecular formula is C24H19BrN4O3S2. The second kappa shape index (κ2) is 8.94. The number of nitrogens with one attached hydrogen (secondary N) is 1. The van der Waals surface area contributed by atoms with Gasteiger partial charge in [0.2, 0.25) is 15.0 Å². The van der Waals surface area contributed by atoms with Gasteiger partial charge in [-0.05, 0) is 67.2 Å². The van der Waals surface area contributed by atoms with Crippen LogP contribution in [-0.4, -0.2) is 30.4 Å². The first-order valence-electron chi connectivity index (χ1n) is 10.2. The third kappa shape index (κ3) is 4.13. The normalized spacial score (nSPS) is 13.4. The van der Waals surface area contributed by atoms with Crippen LogP contribution in [-0.2, 0) is 9.84 Å². The molecular weight excluding hydrogens is 536 g/mol. The van der Waals surface area contributed by atoms with Crippen molar-refractivity contribution >= 4 is 43.2 Å². The van der Waals surface area contributed by atoms with Gasteiger partial charge >= 0.3 is 0 Å². The minimum atomic E-state index is -3.82. The number of aryl methyl sites for hydroxylation is 1. The summed E-state index contributed by atoms with van der Waals surface area (Å²) in [6.07, 6.45) is 0. The number of ether oxygens (including phenoxy) is 1. The molecule has 0 atom stereocenters. The van der Waals surface area contributed by atoms with Crippen molar-refractivity contribution in [3.05, 3.63) is 92.6 Å². The highest BCUT2D eigenvalue weighted by Gasteiger charge is 2.33. The molecule has 0 amide bonds. The monoisotopic (exact) mass is 554 g/mol. The lowest BCUT2D eigenvalue weighted by Crippen LogP contribution is -2.23. The van der Waals surface area contributed by atoms with E-state index in [1.54, 1.807) is 36.1 Å². The van der Waals surface area contributed by atoms with Gasteiger partial charge < -0.3 is 4.74 Å². The zero-order valence-corrected chi connectivity index (χ0v) is 21.4. The van der Waals surface area contributed by atoms with E-state index in [-0.39, 0.29) is 9.13 Å². The summed E-state index contributed by atoms with van der Waals surface area (Å²) in [4.78, 5) is 0.223. The smallest absolute Gasteiger partial charge is 0.216 e. The molecule has 4 aromatic rings. The maximum absolute atomic E-state index is 13.7. The Labute approximate surface area is 209 Å². The summed E-state index contributed by atoms with van der Waals surface area (Å²) in [6.45, 7) is 1.92. The number of nitrogens with zero attached hydrogens (tertiary/aromatic N) is 3. The van der Waals surface area contributed by atoms with Crippen LogP contribution in [0.1, 0.15) is 11.1 Å². The average molecular weight is 555 g/mol. The van der Waals surface area contributed by atoms with Crippen molar-refractivity contribution in [1.82, 2.24) is 14.9 Å². The Morgan fingerprint density at radius 3 is 2.21 bits per heavy atom. The molecule has 34 heavy (non-hydrogen) atoms. The second-order valence-corrected chi connectivity index (χ2v) is 11.6. The molecule has 0 unspecified atom stereocenters. The molecule has 3 aromatic carbocycles. The van der Waals surface area contributed by atoms with Crippen LogP contribution < -0.4 is 10.2 Å². The Bertz CT molecular complexity index is 1500. The summed E-state index contributed by atoms with van der Waals surface area (Å²) >= 11 is 4.52. The molecule has 5 rings (SSSR count). The molecule has 0 spiro atoms. The van der Waals surface area contributed by atoms with Crippen LogP contribution in [0.5, 0.6) is 5.75 Å². The van der Waals surface area contributed by atoms with Crippen LogP contribution in [0.3, 0.4) is 0 Å². The second-order valence-electron chi connectivity index (χ2n) is 7.57. The fourth-order valence-electron chi connectivity index (χ4n) is 3.47. The van der Waals surface area contributed by atoms with Crippen LogP contribution in [0.15, 0.2) is 91.6 Å². The summed E-state index contributed by atoms with van der Waals surface area (Å²) < 4.78 is 35.4. The first-order chi connectivity index (χ1) is 16.4. The third-order valence-corrected chi connectivity index (χ3v) is 9.16. The molecule has 0 radical (unpaired) electrons. The van der Waals surface area contributed by atoms with E-state index in [0.717, 1.165) is 38.7 Å². The van der Waals surface area contributed by atoms with Gasteiger partial charge in [0, 0.05) is 15.6 Å². The van der Waals surface area contributed by atoms with Crippen molar-refractivity contribution in [3.8, 4) is 17.1 Å². The molecule has 1 aliphatic rings. The van der Waals surface area contributed by atoms with Gasteiger partial charge in [-0.3, -0.25) is 5.43 Å². The maximum Gasteiger partial charge on any atom is 0.216 e. The summed E-state index contributed by atoms with van der Waals surface area (Å²) in [5.74, 6) is 1.29. The van der Waals surface area contributed by atoms with Gasteiger partial charge in [0.25, 0.3) is 0 Å². The van der Waals surface area contributed by atoms with Gasteiger partial charge in [0.15, 0.2) is 5.82 Å². The summed E-state index contributed by atoms with van der Waals surface area (Å²) in [5.41, 5.74) is 6.25. The van der Waals surface area contributed by atoms with Gasteiger partial charge in [-0.1, -0.05) is 45.8 Å². The Morgan fingerprint density at radius 1 is 0.912 bits per heavy atom. The van der Waals surface area contributed by atoms with E-state index in [9.17, 15) is 8.42 Å². The average Bonchev–Trinajstić information content (AvgIpc) is 3.27. The molecule has 0 saturated heterocycles. The number of methoxy groups -OCH3 is 1. The maximum atomic E-state index is 13.7. The number of hydrogen-bond donors (Lipinski definition) is 1. The predicted octanol–water partition coefficient (Wildman–Crippen LogP) is 5.47. The standard InChI is InChI=1S/C24H19BrN4O3S2/c1-15-3-13-20(14-4-15)34(30,31)23-21(16-5-9-18(25)10-6-16)28-29-22(26-27-24(29)33-23)17-7-11-19(32-2)12-8-17/h3-14,28H,1-2H3. The summed E-state index contributed by atoms with van der Waals surface area (Å²) in [7, 11) is -2.21. The SMILES string of the molecule is COc1ccc(-c2nnc3n2NC(c2ccc(Br)cc2)=C(S(=O)(=O)c2ccc(C)cc2)S3)cc1. The number of halogens is 1. The van der Waals surface area contributed by atoms with E-state index >= 15 is 0 Å². The van der Waals surface area contributed by atoms with Crippen LogP contribution >= 0.6 is 27.7 Å². The summed E-state index contributed by atoms with van der Waals surface area (Å²) in [5, 5.41) is 9.02. The number of rotatable bonds is 5. The molecule has 2 heterocycles. The highest BCUT2D eigenvalue weighted by atomic mass is 79.9. The van der Waals surface area contributed by atoms with Crippen LogP contribution in [0.25, 0.3) is 17.1 Å². The van der Waals surface area contributed by atoms with E-state index in [0.29, 0.717) is 16.7 Å². The Kier molecular flexibility index (Phi) is 5.97. The number of thioether (sulfide) groups is 1. The highest BCUT2D eigenvalue weighted by molar-refractivity contribution is 9.10. The largest absolute Gasteiger partial charge is 0.497 e. The van der Waals surface area contributed by atoms with Crippen LogP contribution in [0.2, 0.25) is 0 Å². The van der Waals surface area contributed by atoms with E-state index < -0.39 is 9.84 Å². The number of aromatic nitrogens is 3. The molecule has 172 valence electrons. The molecule has 0 saturated carbocycles. The predicted molar refractivity (Wildman–Crippen MR) is 137 cm³/mol. The minimum absolute atomic E-state index is 0.167. The molecule has 10 heteroatoms. The van der Waals surface area contributed by atoms with E-state index in [2.05, 4.69) is 31.6 Å². The Balaban J connectivity index is 1.64. The lowest BCUT2D eigenvalue weighted by molar-refractivity contribution is 0.415. The first-order valence-corrected chi connectivity index (χ1v) is 13.3. The van der Waals surface area contributed by atoms with E-state index in [1.807, 2.05) is 55.5 Å². The fraction of sp³-hybridized carbons (Fsp3) is 0.0833. The molecule has 0 aliphatic carbocycles. The number of hydrogen-bond acceptors (Lipinski definition) is 7. The van der Waals surface area contributed by atoms with Gasteiger partial charge in [-0.2, -0.15) is 0 Å². The van der Waals surface area contributed by atoms with Crippen molar-refractivity contribution in [3.63, 3.8) is 0 Å². The Hall–Kier alpha value is -3.08. The number of fused-ring (bicyclic) bond motifs is 1. The summed E-state index contributed by atoms with van der Waals surface area (Å²) in [6, 6.07) is 21.7. The van der Waals surface area contributed by atoms with Gasteiger partial charge in [-0.15, -0.1) is 10.2 Å². The van der Waals surface area contributed by atoms with Crippen molar-refractivity contribution in [1.29, 1.82) is 0 Å². The quantitative estimate of drug-likeness (QED) is 0.349. The molecule has 1 N–H and O–H groups in total. The molecule has 1 aromatic heterocycles. The topological polar surface area (TPSA) is 86.1 Å². The van der Waals surface area contributed by atoms with Crippen molar-refractivity contribution in [2.24, 2.45) is 0 Å². The molecule has 1 aliphatic heterocycles. The van der Waals surface area contributed by atoms with E-state index in [1.165, 1.54) is 0 Å². The van der Waals surface area contributed by atoms with Crippen LogP contribution in [0.4, 0.5) is 0 Å². The zero-order valence-electron chi connectivity index (χ0n) is 18.2. The highest BCUT2D eigenvalue weighted by Crippen LogP contribution is 2.42. The zero-order chi connectivity index (χ0) is 23.9. The lowest BCUT2D eigenvalue weighted by Gasteiger charge is -2.24. The molecule has 0 fully saturated rings. The first kappa shape index (κ1) is 22.7. The molecule has 0 bridgehead atoms. The minimum Gasteiger partial charge on any atom is -0.497 e.